The van der Waals surface area contributed by atoms with Gasteiger partial charge >= 0.3 is 0 Å². The molecule has 1 heterocycles. The monoisotopic (exact) mass is 439 g/mol. The Morgan fingerprint density at radius 2 is 1.78 bits per heavy atom. The molecule has 166 valence electrons. The fraction of sp³-hybridized carbons (Fsp3) is 0.292. The number of nitrogens with one attached hydrogen (secondary N) is 1. The number of hydrogen-bond acceptors (Lipinski definition) is 3. The summed E-state index contributed by atoms with van der Waals surface area (Å²) in [6, 6.07) is 9.41. The number of benzene rings is 2. The van der Waals surface area contributed by atoms with Gasteiger partial charge in [-0.2, -0.15) is 0 Å². The topological polar surface area (TPSA) is 69.7 Å². The number of amides is 3. The number of allylic oxidation sites excluding steroid dienone is 2. The molecule has 1 aliphatic carbocycles. The largest absolute Gasteiger partial charge is 0.335 e. The maximum atomic E-state index is 13.6. The molecular formula is C24H23F2N3O3. The lowest BCUT2D eigenvalue weighted by atomic mass is 9.80. The van der Waals surface area contributed by atoms with E-state index in [4.69, 9.17) is 0 Å². The van der Waals surface area contributed by atoms with E-state index in [-0.39, 0.29) is 23.6 Å². The zero-order valence-electron chi connectivity index (χ0n) is 17.7. The van der Waals surface area contributed by atoms with Gasteiger partial charge in [-0.1, -0.05) is 24.3 Å². The van der Waals surface area contributed by atoms with Crippen LogP contribution >= 0.6 is 0 Å². The average molecular weight is 439 g/mol. The van der Waals surface area contributed by atoms with Crippen molar-refractivity contribution in [3.8, 4) is 0 Å². The van der Waals surface area contributed by atoms with Crippen LogP contribution in [-0.4, -0.2) is 29.7 Å². The van der Waals surface area contributed by atoms with Crippen molar-refractivity contribution in [2.45, 2.75) is 25.8 Å². The van der Waals surface area contributed by atoms with Gasteiger partial charge in [0.05, 0.1) is 23.6 Å². The summed E-state index contributed by atoms with van der Waals surface area (Å²) in [5, 5.41) is 1.21. The summed E-state index contributed by atoms with van der Waals surface area (Å²) >= 11 is 0. The third-order valence-electron chi connectivity index (χ3n) is 6.21. The van der Waals surface area contributed by atoms with Gasteiger partial charge < -0.3 is 4.90 Å². The standard InChI is InChI=1S/C24H23F2N3O3/c1-14(15-10-11-20(25)21(26)13-15)28(2)23(31)16-6-5-7-17(12-16)29-24(32)19-9-4-3-8-18(19)22(30)27-29/h3-7,10-14,18-19H,8-9H2,1-2H3,(H,27,30). The van der Waals surface area contributed by atoms with E-state index in [1.165, 1.54) is 22.0 Å². The van der Waals surface area contributed by atoms with E-state index < -0.39 is 23.6 Å². The summed E-state index contributed by atoms with van der Waals surface area (Å²) in [4.78, 5) is 40.0. The smallest absolute Gasteiger partial charge is 0.254 e. The molecule has 1 aliphatic heterocycles. The normalized spacial score (nSPS) is 21.1. The van der Waals surface area contributed by atoms with Crippen LogP contribution in [0.4, 0.5) is 14.5 Å². The second-order valence-corrected chi connectivity index (χ2v) is 8.12. The third kappa shape index (κ3) is 3.88. The highest BCUT2D eigenvalue weighted by Crippen LogP contribution is 2.33. The van der Waals surface area contributed by atoms with Gasteiger partial charge in [0.25, 0.3) is 5.91 Å². The highest BCUT2D eigenvalue weighted by molar-refractivity contribution is 6.05. The number of hydrazine groups is 1. The van der Waals surface area contributed by atoms with E-state index >= 15 is 0 Å². The molecule has 0 aromatic heterocycles. The number of nitrogens with zero attached hydrogens (tertiary/aromatic N) is 2. The van der Waals surface area contributed by atoms with Crippen molar-refractivity contribution >= 4 is 23.4 Å². The van der Waals surface area contributed by atoms with E-state index in [2.05, 4.69) is 5.43 Å². The molecule has 1 fully saturated rings. The molecule has 2 aliphatic rings. The van der Waals surface area contributed by atoms with Crippen LogP contribution in [0.5, 0.6) is 0 Å². The molecule has 32 heavy (non-hydrogen) atoms. The number of anilines is 1. The number of rotatable bonds is 4. The number of carbonyl (C=O) groups is 3. The van der Waals surface area contributed by atoms with Crippen molar-refractivity contribution in [1.29, 1.82) is 0 Å². The summed E-state index contributed by atoms with van der Waals surface area (Å²) < 4.78 is 26.9. The second kappa shape index (κ2) is 8.53. The van der Waals surface area contributed by atoms with E-state index in [1.54, 1.807) is 32.2 Å². The van der Waals surface area contributed by atoms with Crippen LogP contribution in [0.2, 0.25) is 0 Å². The Morgan fingerprint density at radius 1 is 1.06 bits per heavy atom. The Balaban J connectivity index is 1.56. The van der Waals surface area contributed by atoms with Crippen molar-refractivity contribution in [3.63, 3.8) is 0 Å². The quantitative estimate of drug-likeness (QED) is 0.738. The molecule has 1 saturated heterocycles. The molecule has 3 unspecified atom stereocenters. The minimum Gasteiger partial charge on any atom is -0.335 e. The summed E-state index contributed by atoms with van der Waals surface area (Å²) in [6.07, 6.45) is 4.85. The Morgan fingerprint density at radius 3 is 2.50 bits per heavy atom. The first kappa shape index (κ1) is 21.7. The zero-order chi connectivity index (χ0) is 23.0. The van der Waals surface area contributed by atoms with Crippen molar-refractivity contribution in [2.75, 3.05) is 12.1 Å². The van der Waals surface area contributed by atoms with Crippen molar-refractivity contribution < 1.29 is 23.2 Å². The Kier molecular flexibility index (Phi) is 5.78. The second-order valence-electron chi connectivity index (χ2n) is 8.12. The number of halogens is 2. The maximum absolute atomic E-state index is 13.6. The number of hydrogen-bond donors (Lipinski definition) is 1. The summed E-state index contributed by atoms with van der Waals surface area (Å²) in [6.45, 7) is 1.71. The van der Waals surface area contributed by atoms with Crippen molar-refractivity contribution in [3.05, 3.63) is 77.4 Å². The summed E-state index contributed by atoms with van der Waals surface area (Å²) in [5.74, 6) is -3.54. The molecule has 0 radical (unpaired) electrons. The lowest BCUT2D eigenvalue weighted by Crippen LogP contribution is -2.59. The third-order valence-corrected chi connectivity index (χ3v) is 6.21. The van der Waals surface area contributed by atoms with Crippen LogP contribution in [0.25, 0.3) is 0 Å². The van der Waals surface area contributed by atoms with Gasteiger partial charge in [0.15, 0.2) is 11.6 Å². The highest BCUT2D eigenvalue weighted by atomic mass is 19.2. The molecule has 3 amide bonds. The molecule has 8 heteroatoms. The molecule has 2 aromatic carbocycles. The van der Waals surface area contributed by atoms with E-state index in [1.807, 2.05) is 12.2 Å². The minimum absolute atomic E-state index is 0.216. The highest BCUT2D eigenvalue weighted by Gasteiger charge is 2.42. The maximum Gasteiger partial charge on any atom is 0.254 e. The Hall–Kier alpha value is -3.55. The lowest BCUT2D eigenvalue weighted by Gasteiger charge is -2.38. The first-order valence-electron chi connectivity index (χ1n) is 10.4. The van der Waals surface area contributed by atoms with E-state index in [0.29, 0.717) is 29.7 Å². The summed E-state index contributed by atoms with van der Waals surface area (Å²) in [7, 11) is 1.56. The molecule has 0 saturated carbocycles. The molecule has 0 spiro atoms. The van der Waals surface area contributed by atoms with Crippen molar-refractivity contribution in [2.24, 2.45) is 11.8 Å². The van der Waals surface area contributed by atoms with E-state index in [0.717, 1.165) is 12.1 Å². The molecule has 1 N–H and O–H groups in total. The fourth-order valence-electron chi connectivity index (χ4n) is 4.14. The van der Waals surface area contributed by atoms with Gasteiger partial charge in [0.1, 0.15) is 0 Å². The summed E-state index contributed by atoms with van der Waals surface area (Å²) in [5.41, 5.74) is 3.78. The lowest BCUT2D eigenvalue weighted by molar-refractivity contribution is -0.139. The predicted molar refractivity (Wildman–Crippen MR) is 114 cm³/mol. The molecule has 4 rings (SSSR count). The SMILES string of the molecule is CC(c1ccc(F)c(F)c1)N(C)C(=O)c1cccc(N2NC(=O)C3CC=CCC3C2=O)c1. The van der Waals surface area contributed by atoms with E-state index in [9.17, 15) is 23.2 Å². The molecule has 3 atom stereocenters. The van der Waals surface area contributed by atoms with Crippen LogP contribution in [0.3, 0.4) is 0 Å². The number of fused-ring (bicyclic) bond motifs is 1. The van der Waals surface area contributed by atoms with Gasteiger partial charge in [-0.15, -0.1) is 0 Å². The van der Waals surface area contributed by atoms with Crippen LogP contribution in [0.1, 0.15) is 41.7 Å². The fourth-order valence-corrected chi connectivity index (χ4v) is 4.14. The number of carbonyl (C=O) groups excluding carboxylic acids is 3. The van der Waals surface area contributed by atoms with Gasteiger partial charge in [0, 0.05) is 12.6 Å². The average Bonchev–Trinajstić information content (AvgIpc) is 2.81. The van der Waals surface area contributed by atoms with Crippen LogP contribution in [-0.2, 0) is 9.59 Å². The Labute approximate surface area is 184 Å². The zero-order valence-corrected chi connectivity index (χ0v) is 17.7. The van der Waals surface area contributed by atoms with Gasteiger partial charge in [-0.05, 0) is 55.7 Å². The predicted octanol–water partition coefficient (Wildman–Crippen LogP) is 3.76. The van der Waals surface area contributed by atoms with Gasteiger partial charge in [-0.3, -0.25) is 19.8 Å². The first-order chi connectivity index (χ1) is 15.3. The van der Waals surface area contributed by atoms with Gasteiger partial charge in [0.2, 0.25) is 11.8 Å². The molecule has 2 aromatic rings. The van der Waals surface area contributed by atoms with Crippen molar-refractivity contribution in [1.82, 2.24) is 10.3 Å². The minimum atomic E-state index is -0.979. The van der Waals surface area contributed by atoms with Crippen LogP contribution < -0.4 is 10.4 Å². The van der Waals surface area contributed by atoms with Crippen LogP contribution in [0, 0.1) is 23.5 Å². The molecule has 6 nitrogen and oxygen atoms in total. The Bertz CT molecular complexity index is 1120. The first-order valence-corrected chi connectivity index (χ1v) is 10.4. The van der Waals surface area contributed by atoms with Crippen LogP contribution in [0.15, 0.2) is 54.6 Å². The molecular weight excluding hydrogens is 416 g/mol. The molecule has 0 bridgehead atoms. The van der Waals surface area contributed by atoms with Gasteiger partial charge in [-0.25, -0.2) is 13.8 Å².